The average Bonchev–Trinajstić information content (AvgIpc) is 3.14. The van der Waals surface area contributed by atoms with E-state index in [4.69, 9.17) is 0 Å². The molecule has 3 rings (SSSR count). The summed E-state index contributed by atoms with van der Waals surface area (Å²) in [6.45, 7) is 2.30. The lowest BCUT2D eigenvalue weighted by Crippen LogP contribution is -2.49. The molecule has 0 bridgehead atoms. The van der Waals surface area contributed by atoms with Gasteiger partial charge in [0.25, 0.3) is 0 Å². The molecule has 1 aromatic rings. The summed E-state index contributed by atoms with van der Waals surface area (Å²) in [5, 5.41) is 8.64. The Kier molecular flexibility index (Phi) is 5.90. The maximum Gasteiger partial charge on any atom is 0.243 e. The molecule has 142 valence electrons. The van der Waals surface area contributed by atoms with E-state index in [9.17, 15) is 18.0 Å². The van der Waals surface area contributed by atoms with Crippen LogP contribution in [0.2, 0.25) is 0 Å². The van der Waals surface area contributed by atoms with Gasteiger partial charge in [-0.05, 0) is 50.0 Å². The number of rotatable bonds is 6. The summed E-state index contributed by atoms with van der Waals surface area (Å²) in [7, 11) is -3.77. The zero-order chi connectivity index (χ0) is 18.6. The second-order valence-electron chi connectivity index (χ2n) is 6.66. The fraction of sp³-hybridized carbons (Fsp3) is 0.529. The van der Waals surface area contributed by atoms with Crippen molar-refractivity contribution in [2.75, 3.05) is 38.0 Å². The third-order valence-corrected chi connectivity index (χ3v) is 6.54. The van der Waals surface area contributed by atoms with E-state index >= 15 is 0 Å². The second kappa shape index (κ2) is 8.15. The molecule has 1 unspecified atom stereocenters. The molecule has 9 heteroatoms. The maximum absolute atomic E-state index is 12.7. The van der Waals surface area contributed by atoms with Gasteiger partial charge in [0, 0.05) is 25.2 Å². The molecule has 2 fully saturated rings. The minimum Gasteiger partial charge on any atom is -0.354 e. The number of benzene rings is 1. The third-order valence-electron chi connectivity index (χ3n) is 4.70. The smallest absolute Gasteiger partial charge is 0.243 e. The van der Waals surface area contributed by atoms with Crippen molar-refractivity contribution in [1.82, 2.24) is 14.9 Å². The van der Waals surface area contributed by atoms with Crippen molar-refractivity contribution in [2.24, 2.45) is 5.92 Å². The zero-order valence-electron chi connectivity index (χ0n) is 14.5. The summed E-state index contributed by atoms with van der Waals surface area (Å²) in [6.07, 6.45) is 2.32. The van der Waals surface area contributed by atoms with Gasteiger partial charge in [0.2, 0.25) is 21.8 Å². The molecule has 2 saturated heterocycles. The topological polar surface area (TPSA) is 108 Å². The number of nitrogens with zero attached hydrogens (tertiary/aromatic N) is 1. The van der Waals surface area contributed by atoms with Gasteiger partial charge in [-0.3, -0.25) is 9.59 Å². The SMILES string of the molecule is O=C1CN(S(=O)(=O)c2cccc(NC(=O)CCC3CCNC3)c2)CCN1. The molecular formula is C17H24N4O4S. The summed E-state index contributed by atoms with van der Waals surface area (Å²) in [4.78, 5) is 23.7. The van der Waals surface area contributed by atoms with Crippen LogP contribution in [0.4, 0.5) is 5.69 Å². The molecular weight excluding hydrogens is 356 g/mol. The first-order valence-electron chi connectivity index (χ1n) is 8.82. The lowest BCUT2D eigenvalue weighted by molar-refractivity contribution is -0.122. The molecule has 0 radical (unpaired) electrons. The van der Waals surface area contributed by atoms with Crippen LogP contribution in [0.15, 0.2) is 29.2 Å². The van der Waals surface area contributed by atoms with Crippen LogP contribution in [0.25, 0.3) is 0 Å². The van der Waals surface area contributed by atoms with E-state index in [1.165, 1.54) is 12.1 Å². The van der Waals surface area contributed by atoms with Gasteiger partial charge in [-0.25, -0.2) is 8.42 Å². The molecule has 2 aliphatic heterocycles. The van der Waals surface area contributed by atoms with Gasteiger partial charge in [-0.2, -0.15) is 4.31 Å². The Hall–Kier alpha value is -1.97. The highest BCUT2D eigenvalue weighted by molar-refractivity contribution is 7.89. The number of hydrogen-bond donors (Lipinski definition) is 3. The normalized spacial score (nSPS) is 21.4. The van der Waals surface area contributed by atoms with E-state index in [-0.39, 0.29) is 29.8 Å². The largest absolute Gasteiger partial charge is 0.354 e. The standard InChI is InChI=1S/C17H24N4O4S/c22-16(5-4-13-6-7-18-11-13)20-14-2-1-3-15(10-14)26(24,25)21-9-8-19-17(23)12-21/h1-3,10,13,18H,4-9,11-12H2,(H,19,23)(H,20,22). The number of sulfonamides is 1. The van der Waals surface area contributed by atoms with Crippen molar-refractivity contribution >= 4 is 27.5 Å². The second-order valence-corrected chi connectivity index (χ2v) is 8.60. The minimum absolute atomic E-state index is 0.0741. The fourth-order valence-corrected chi connectivity index (χ4v) is 4.67. The maximum atomic E-state index is 12.7. The Balaban J connectivity index is 1.63. The Morgan fingerprint density at radius 1 is 1.31 bits per heavy atom. The van der Waals surface area contributed by atoms with Crippen molar-refractivity contribution < 1.29 is 18.0 Å². The molecule has 8 nitrogen and oxygen atoms in total. The molecule has 1 atom stereocenters. The van der Waals surface area contributed by atoms with Crippen LogP contribution in [0.1, 0.15) is 19.3 Å². The van der Waals surface area contributed by atoms with Gasteiger partial charge in [0.05, 0.1) is 11.4 Å². The summed E-state index contributed by atoms with van der Waals surface area (Å²) in [5.74, 6) is 0.0900. The third kappa shape index (κ3) is 4.60. The lowest BCUT2D eigenvalue weighted by Gasteiger charge is -2.26. The van der Waals surface area contributed by atoms with Crippen LogP contribution in [-0.4, -0.2) is 57.3 Å². The summed E-state index contributed by atoms with van der Waals surface area (Å²) in [6, 6.07) is 6.17. The van der Waals surface area contributed by atoms with Crippen molar-refractivity contribution in [3.63, 3.8) is 0 Å². The van der Waals surface area contributed by atoms with E-state index in [1.807, 2.05) is 0 Å². The molecule has 0 spiro atoms. The van der Waals surface area contributed by atoms with E-state index in [2.05, 4.69) is 16.0 Å². The molecule has 1 aromatic carbocycles. The highest BCUT2D eigenvalue weighted by Crippen LogP contribution is 2.21. The predicted octanol–water partition coefficient (Wildman–Crippen LogP) is 0.135. The first kappa shape index (κ1) is 18.8. The zero-order valence-corrected chi connectivity index (χ0v) is 15.3. The van der Waals surface area contributed by atoms with E-state index in [1.54, 1.807) is 12.1 Å². The number of piperazine rings is 1. The molecule has 0 aliphatic carbocycles. The number of nitrogens with one attached hydrogen (secondary N) is 3. The Morgan fingerprint density at radius 2 is 2.15 bits per heavy atom. The van der Waals surface area contributed by atoms with E-state index in [0.29, 0.717) is 24.6 Å². The summed E-state index contributed by atoms with van der Waals surface area (Å²) in [5.41, 5.74) is 0.446. The molecule has 2 amide bonds. The first-order chi connectivity index (χ1) is 12.4. The summed E-state index contributed by atoms with van der Waals surface area (Å²) < 4.78 is 26.5. The van der Waals surface area contributed by atoms with Crippen LogP contribution < -0.4 is 16.0 Å². The van der Waals surface area contributed by atoms with E-state index in [0.717, 1.165) is 30.2 Å². The molecule has 2 aliphatic rings. The van der Waals surface area contributed by atoms with Gasteiger partial charge in [-0.1, -0.05) is 6.07 Å². The van der Waals surface area contributed by atoms with Crippen LogP contribution in [0, 0.1) is 5.92 Å². The van der Waals surface area contributed by atoms with Crippen LogP contribution in [-0.2, 0) is 19.6 Å². The van der Waals surface area contributed by atoms with Gasteiger partial charge >= 0.3 is 0 Å². The Labute approximate surface area is 153 Å². The van der Waals surface area contributed by atoms with Crippen molar-refractivity contribution in [2.45, 2.75) is 24.2 Å². The highest BCUT2D eigenvalue weighted by Gasteiger charge is 2.29. The van der Waals surface area contributed by atoms with Crippen LogP contribution >= 0.6 is 0 Å². The average molecular weight is 380 g/mol. The van der Waals surface area contributed by atoms with Gasteiger partial charge in [0.15, 0.2) is 0 Å². The van der Waals surface area contributed by atoms with Crippen LogP contribution in [0.3, 0.4) is 0 Å². The fourth-order valence-electron chi connectivity index (χ4n) is 3.22. The van der Waals surface area contributed by atoms with Gasteiger partial charge in [-0.15, -0.1) is 0 Å². The van der Waals surface area contributed by atoms with Gasteiger partial charge < -0.3 is 16.0 Å². The number of anilines is 1. The number of hydrogen-bond acceptors (Lipinski definition) is 5. The van der Waals surface area contributed by atoms with Crippen molar-refractivity contribution in [1.29, 1.82) is 0 Å². The first-order valence-corrected chi connectivity index (χ1v) is 10.3. The molecule has 0 aromatic heterocycles. The monoisotopic (exact) mass is 380 g/mol. The van der Waals surface area contributed by atoms with Gasteiger partial charge in [0.1, 0.15) is 0 Å². The number of carbonyl (C=O) groups is 2. The Morgan fingerprint density at radius 3 is 2.88 bits per heavy atom. The minimum atomic E-state index is -3.77. The van der Waals surface area contributed by atoms with Crippen molar-refractivity contribution in [3.8, 4) is 0 Å². The van der Waals surface area contributed by atoms with E-state index < -0.39 is 10.0 Å². The highest BCUT2D eigenvalue weighted by atomic mass is 32.2. The Bertz CT molecular complexity index is 775. The van der Waals surface area contributed by atoms with Crippen molar-refractivity contribution in [3.05, 3.63) is 24.3 Å². The number of carbonyl (C=O) groups excluding carboxylic acids is 2. The molecule has 0 saturated carbocycles. The quantitative estimate of drug-likeness (QED) is 0.650. The molecule has 2 heterocycles. The predicted molar refractivity (Wildman–Crippen MR) is 97.1 cm³/mol. The lowest BCUT2D eigenvalue weighted by atomic mass is 10.0. The number of amides is 2. The van der Waals surface area contributed by atoms with Crippen LogP contribution in [0.5, 0.6) is 0 Å². The molecule has 26 heavy (non-hydrogen) atoms. The molecule has 3 N–H and O–H groups in total. The summed E-state index contributed by atoms with van der Waals surface area (Å²) >= 11 is 0.